The molecule has 0 aliphatic carbocycles. The third kappa shape index (κ3) is 2.05. The Morgan fingerprint density at radius 2 is 2.21 bits per heavy atom. The summed E-state index contributed by atoms with van der Waals surface area (Å²) in [6.07, 6.45) is 0.793. The zero-order valence-electron chi connectivity index (χ0n) is 8.16. The molecule has 0 saturated carbocycles. The molecule has 2 rings (SSSR count). The normalized spacial score (nSPS) is 20.8. The highest BCUT2D eigenvalue weighted by Crippen LogP contribution is 2.18. The van der Waals surface area contributed by atoms with Crippen LogP contribution in [-0.4, -0.2) is 24.3 Å². The van der Waals surface area contributed by atoms with E-state index in [1.807, 2.05) is 6.07 Å². The molecule has 0 saturated heterocycles. The molecule has 1 unspecified atom stereocenters. The van der Waals surface area contributed by atoms with Gasteiger partial charge in [-0.05, 0) is 18.1 Å². The summed E-state index contributed by atoms with van der Waals surface area (Å²) in [4.78, 5) is 0. The molecule has 1 atom stereocenters. The van der Waals surface area contributed by atoms with Crippen molar-refractivity contribution < 1.29 is 5.11 Å². The van der Waals surface area contributed by atoms with Gasteiger partial charge in [-0.1, -0.05) is 18.2 Å². The first-order valence-electron chi connectivity index (χ1n) is 5.06. The molecular weight excluding hydrogens is 176 g/mol. The van der Waals surface area contributed by atoms with Gasteiger partial charge in [0.25, 0.3) is 0 Å². The number of aliphatic hydroxyl groups is 1. The van der Waals surface area contributed by atoms with Crippen molar-refractivity contribution in [3.63, 3.8) is 0 Å². The van der Waals surface area contributed by atoms with E-state index < -0.39 is 0 Å². The fourth-order valence-corrected chi connectivity index (χ4v) is 1.80. The van der Waals surface area contributed by atoms with Crippen LogP contribution in [0.5, 0.6) is 0 Å². The molecule has 1 aromatic rings. The minimum atomic E-state index is 0.238. The molecule has 0 fully saturated rings. The highest BCUT2D eigenvalue weighted by atomic mass is 16.3. The number of rotatable bonds is 2. The number of benzene rings is 1. The quantitative estimate of drug-likeness (QED) is 0.653. The van der Waals surface area contributed by atoms with E-state index >= 15 is 0 Å². The molecule has 0 spiro atoms. The van der Waals surface area contributed by atoms with E-state index in [0.717, 1.165) is 19.5 Å². The lowest BCUT2D eigenvalue weighted by atomic mass is 10.1. The van der Waals surface area contributed by atoms with Crippen LogP contribution in [0.25, 0.3) is 0 Å². The van der Waals surface area contributed by atoms with Crippen LogP contribution in [0.15, 0.2) is 24.3 Å². The first-order chi connectivity index (χ1) is 6.90. The molecule has 3 N–H and O–H groups in total. The van der Waals surface area contributed by atoms with E-state index in [1.165, 1.54) is 11.3 Å². The highest BCUT2D eigenvalue weighted by Gasteiger charge is 2.13. The van der Waals surface area contributed by atoms with Gasteiger partial charge in [0.2, 0.25) is 0 Å². The monoisotopic (exact) mass is 192 g/mol. The molecule has 3 heteroatoms. The van der Waals surface area contributed by atoms with Crippen molar-refractivity contribution >= 4 is 5.69 Å². The van der Waals surface area contributed by atoms with Crippen LogP contribution in [0.1, 0.15) is 12.0 Å². The molecular formula is C11H16N2O. The van der Waals surface area contributed by atoms with Crippen LogP contribution in [0, 0.1) is 0 Å². The van der Waals surface area contributed by atoms with Crippen molar-refractivity contribution in [2.24, 2.45) is 0 Å². The predicted octanol–water partition coefficient (Wildman–Crippen LogP) is 0.953. The van der Waals surface area contributed by atoms with Gasteiger partial charge in [0, 0.05) is 31.4 Å². The topological polar surface area (TPSA) is 44.3 Å². The molecule has 14 heavy (non-hydrogen) atoms. The Balaban J connectivity index is 2.14. The Morgan fingerprint density at radius 1 is 1.36 bits per heavy atom. The fraction of sp³-hybridized carbons (Fsp3) is 0.455. The standard InChI is InChI=1S/C11H16N2O/c14-6-5-10-8-12-7-9-3-1-2-4-11(9)13-10/h1-4,10,12-14H,5-8H2. The Bertz CT molecular complexity index is 301. The largest absolute Gasteiger partial charge is 0.396 e. The third-order valence-corrected chi connectivity index (χ3v) is 2.56. The number of hydrogen-bond donors (Lipinski definition) is 3. The van der Waals surface area contributed by atoms with E-state index in [9.17, 15) is 0 Å². The fourth-order valence-electron chi connectivity index (χ4n) is 1.80. The summed E-state index contributed by atoms with van der Waals surface area (Å²) in [5.74, 6) is 0. The first-order valence-corrected chi connectivity index (χ1v) is 5.06. The van der Waals surface area contributed by atoms with E-state index in [0.29, 0.717) is 6.04 Å². The molecule has 1 aromatic carbocycles. The molecule has 1 aliphatic heterocycles. The number of fused-ring (bicyclic) bond motifs is 1. The van der Waals surface area contributed by atoms with Crippen molar-refractivity contribution in [2.45, 2.75) is 19.0 Å². The van der Waals surface area contributed by atoms with Gasteiger partial charge in [0.1, 0.15) is 0 Å². The molecule has 1 heterocycles. The van der Waals surface area contributed by atoms with Gasteiger partial charge in [-0.25, -0.2) is 0 Å². The summed E-state index contributed by atoms with van der Waals surface area (Å²) in [6, 6.07) is 8.63. The average molecular weight is 192 g/mol. The third-order valence-electron chi connectivity index (χ3n) is 2.56. The minimum Gasteiger partial charge on any atom is -0.396 e. The average Bonchev–Trinajstić information content (AvgIpc) is 2.40. The lowest BCUT2D eigenvalue weighted by Gasteiger charge is -2.16. The second-order valence-electron chi connectivity index (χ2n) is 3.64. The maximum Gasteiger partial charge on any atom is 0.0451 e. The van der Waals surface area contributed by atoms with Gasteiger partial charge < -0.3 is 15.7 Å². The first kappa shape index (κ1) is 9.49. The molecule has 0 radical (unpaired) electrons. The van der Waals surface area contributed by atoms with E-state index in [1.54, 1.807) is 0 Å². The number of para-hydroxylation sites is 1. The molecule has 76 valence electrons. The van der Waals surface area contributed by atoms with Crippen LogP contribution >= 0.6 is 0 Å². The Labute approximate surface area is 84.1 Å². The Kier molecular flexibility index (Phi) is 3.01. The summed E-state index contributed by atoms with van der Waals surface area (Å²) in [5.41, 5.74) is 2.49. The summed E-state index contributed by atoms with van der Waals surface area (Å²) in [5, 5.41) is 15.7. The lowest BCUT2D eigenvalue weighted by Crippen LogP contribution is -2.30. The van der Waals surface area contributed by atoms with Crippen LogP contribution in [0.4, 0.5) is 5.69 Å². The second kappa shape index (κ2) is 4.44. The minimum absolute atomic E-state index is 0.238. The summed E-state index contributed by atoms with van der Waals surface area (Å²) < 4.78 is 0. The van der Waals surface area contributed by atoms with E-state index in [-0.39, 0.29) is 6.61 Å². The zero-order valence-corrected chi connectivity index (χ0v) is 8.16. The summed E-state index contributed by atoms with van der Waals surface area (Å²) >= 11 is 0. The van der Waals surface area contributed by atoms with Gasteiger partial charge in [-0.2, -0.15) is 0 Å². The SMILES string of the molecule is OCCC1CNCc2ccccc2N1. The van der Waals surface area contributed by atoms with Crippen LogP contribution in [-0.2, 0) is 6.54 Å². The van der Waals surface area contributed by atoms with Crippen molar-refractivity contribution in [1.29, 1.82) is 0 Å². The smallest absolute Gasteiger partial charge is 0.0451 e. The van der Waals surface area contributed by atoms with Crippen LogP contribution in [0.3, 0.4) is 0 Å². The second-order valence-corrected chi connectivity index (χ2v) is 3.64. The maximum atomic E-state index is 8.89. The zero-order chi connectivity index (χ0) is 9.80. The Hall–Kier alpha value is -1.06. The molecule has 3 nitrogen and oxygen atoms in total. The van der Waals surface area contributed by atoms with Gasteiger partial charge in [0.05, 0.1) is 0 Å². The maximum absolute atomic E-state index is 8.89. The lowest BCUT2D eigenvalue weighted by molar-refractivity contribution is 0.278. The van der Waals surface area contributed by atoms with Crippen molar-refractivity contribution in [2.75, 3.05) is 18.5 Å². The van der Waals surface area contributed by atoms with Gasteiger partial charge in [-0.15, -0.1) is 0 Å². The highest BCUT2D eigenvalue weighted by molar-refractivity contribution is 5.52. The molecule has 1 aliphatic rings. The molecule has 0 amide bonds. The van der Waals surface area contributed by atoms with Crippen LogP contribution in [0.2, 0.25) is 0 Å². The van der Waals surface area contributed by atoms with Crippen molar-refractivity contribution in [3.05, 3.63) is 29.8 Å². The predicted molar refractivity (Wildman–Crippen MR) is 57.3 cm³/mol. The van der Waals surface area contributed by atoms with Crippen molar-refractivity contribution in [3.8, 4) is 0 Å². The van der Waals surface area contributed by atoms with E-state index in [4.69, 9.17) is 5.11 Å². The van der Waals surface area contributed by atoms with Crippen LogP contribution < -0.4 is 10.6 Å². The van der Waals surface area contributed by atoms with E-state index in [2.05, 4.69) is 28.8 Å². The Morgan fingerprint density at radius 3 is 3.07 bits per heavy atom. The molecule has 0 bridgehead atoms. The van der Waals surface area contributed by atoms with Gasteiger partial charge in [0.15, 0.2) is 0 Å². The number of anilines is 1. The number of aliphatic hydroxyl groups excluding tert-OH is 1. The number of nitrogens with one attached hydrogen (secondary N) is 2. The molecule has 0 aromatic heterocycles. The van der Waals surface area contributed by atoms with Gasteiger partial charge >= 0.3 is 0 Å². The summed E-state index contributed by atoms with van der Waals surface area (Å²) in [6.45, 7) is 2.06. The summed E-state index contributed by atoms with van der Waals surface area (Å²) in [7, 11) is 0. The van der Waals surface area contributed by atoms with Crippen molar-refractivity contribution in [1.82, 2.24) is 5.32 Å². The number of hydrogen-bond acceptors (Lipinski definition) is 3. The van der Waals surface area contributed by atoms with Gasteiger partial charge in [-0.3, -0.25) is 0 Å².